The van der Waals surface area contributed by atoms with Gasteiger partial charge in [-0.05, 0) is 13.0 Å². The molecule has 3 nitrogen and oxygen atoms in total. The van der Waals surface area contributed by atoms with Crippen molar-refractivity contribution in [2.24, 2.45) is 0 Å². The van der Waals surface area contributed by atoms with E-state index in [0.717, 1.165) is 16.9 Å². The fraction of sp³-hybridized carbons (Fsp3) is 0.182. The lowest BCUT2D eigenvalue weighted by Crippen LogP contribution is -2.04. The molecular formula is C11H9FN2OS. The van der Waals surface area contributed by atoms with Crippen molar-refractivity contribution in [2.45, 2.75) is 13.3 Å². The summed E-state index contributed by atoms with van der Waals surface area (Å²) < 4.78 is 12.8. The predicted octanol–water partition coefficient (Wildman–Crippen LogP) is 2.41. The van der Waals surface area contributed by atoms with Gasteiger partial charge in [0.05, 0.1) is 12.6 Å². The maximum Gasteiger partial charge on any atom is 0.171 e. The van der Waals surface area contributed by atoms with E-state index in [2.05, 4.69) is 9.97 Å². The molecule has 0 aliphatic carbocycles. The molecule has 0 aliphatic rings. The van der Waals surface area contributed by atoms with Gasteiger partial charge in [0.25, 0.3) is 0 Å². The number of aryl methyl sites for hydroxylation is 1. The highest BCUT2D eigenvalue weighted by Gasteiger charge is 2.10. The molecule has 2 heterocycles. The highest BCUT2D eigenvalue weighted by atomic mass is 32.1. The number of Topliss-reactive ketones (excluding diaryl/α,β-unsaturated/α-hetero) is 1. The van der Waals surface area contributed by atoms with Crippen LogP contribution in [0.2, 0.25) is 0 Å². The molecule has 0 amide bonds. The van der Waals surface area contributed by atoms with Crippen LogP contribution < -0.4 is 0 Å². The molecule has 0 saturated carbocycles. The number of carbonyl (C=O) groups is 1. The van der Waals surface area contributed by atoms with E-state index in [0.29, 0.717) is 0 Å². The van der Waals surface area contributed by atoms with E-state index in [-0.39, 0.29) is 17.8 Å². The number of halogens is 1. The van der Waals surface area contributed by atoms with Gasteiger partial charge < -0.3 is 0 Å². The Labute approximate surface area is 96.0 Å². The highest BCUT2D eigenvalue weighted by Crippen LogP contribution is 2.12. The van der Waals surface area contributed by atoms with Gasteiger partial charge in [0.2, 0.25) is 0 Å². The minimum atomic E-state index is -0.499. The summed E-state index contributed by atoms with van der Waals surface area (Å²) in [5.41, 5.74) is 1.18. The molecule has 0 aliphatic heterocycles. The van der Waals surface area contributed by atoms with Gasteiger partial charge in [-0.3, -0.25) is 9.78 Å². The first-order chi connectivity index (χ1) is 7.65. The summed E-state index contributed by atoms with van der Waals surface area (Å²) in [5, 5.41) is 2.62. The van der Waals surface area contributed by atoms with Gasteiger partial charge in [0.1, 0.15) is 10.8 Å². The Bertz CT molecular complexity index is 524. The number of carbonyl (C=O) groups excluding carboxylic acids is 1. The van der Waals surface area contributed by atoms with Crippen LogP contribution in [-0.4, -0.2) is 15.8 Å². The van der Waals surface area contributed by atoms with Crippen molar-refractivity contribution >= 4 is 17.1 Å². The van der Waals surface area contributed by atoms with Crippen LogP contribution in [-0.2, 0) is 6.42 Å². The zero-order chi connectivity index (χ0) is 11.5. The Kier molecular flexibility index (Phi) is 3.05. The first-order valence-corrected chi connectivity index (χ1v) is 5.58. The largest absolute Gasteiger partial charge is 0.294 e. The van der Waals surface area contributed by atoms with E-state index >= 15 is 0 Å². The second-order valence-electron chi connectivity index (χ2n) is 3.37. The summed E-state index contributed by atoms with van der Waals surface area (Å²) in [5.74, 6) is -0.664. The predicted molar refractivity (Wildman–Crippen MR) is 59.1 cm³/mol. The molecular weight excluding hydrogens is 227 g/mol. The maximum atomic E-state index is 12.8. The molecule has 0 atom stereocenters. The van der Waals surface area contributed by atoms with Crippen molar-refractivity contribution in [1.82, 2.24) is 9.97 Å². The number of nitrogens with zero attached hydrogens (tertiary/aromatic N) is 2. The van der Waals surface area contributed by atoms with Crippen molar-refractivity contribution in [1.29, 1.82) is 0 Å². The first-order valence-electron chi connectivity index (χ1n) is 4.70. The zero-order valence-corrected chi connectivity index (χ0v) is 9.42. The summed E-state index contributed by atoms with van der Waals surface area (Å²) in [4.78, 5) is 19.6. The van der Waals surface area contributed by atoms with E-state index in [1.54, 1.807) is 0 Å². The van der Waals surface area contributed by atoms with Crippen LogP contribution in [0.25, 0.3) is 0 Å². The number of rotatable bonds is 3. The molecule has 0 N–H and O–H groups in total. The summed E-state index contributed by atoms with van der Waals surface area (Å²) >= 11 is 1.43. The lowest BCUT2D eigenvalue weighted by atomic mass is 10.1. The topological polar surface area (TPSA) is 42.9 Å². The van der Waals surface area contributed by atoms with Crippen molar-refractivity contribution in [3.8, 4) is 0 Å². The summed E-state index contributed by atoms with van der Waals surface area (Å²) in [6.45, 7) is 1.87. The molecule has 2 aromatic rings. The molecule has 0 radical (unpaired) electrons. The van der Waals surface area contributed by atoms with E-state index in [9.17, 15) is 9.18 Å². The van der Waals surface area contributed by atoms with Crippen molar-refractivity contribution in [3.05, 3.63) is 45.9 Å². The Morgan fingerprint density at radius 2 is 2.31 bits per heavy atom. The van der Waals surface area contributed by atoms with Crippen LogP contribution in [0.15, 0.2) is 23.8 Å². The quantitative estimate of drug-likeness (QED) is 0.768. The van der Waals surface area contributed by atoms with E-state index in [4.69, 9.17) is 0 Å². The van der Waals surface area contributed by atoms with Crippen LogP contribution in [0.1, 0.15) is 21.1 Å². The normalized spacial score (nSPS) is 10.4. The molecule has 0 unspecified atom stereocenters. The molecule has 2 aromatic heterocycles. The molecule has 0 aromatic carbocycles. The number of thiazole rings is 1. The molecule has 16 heavy (non-hydrogen) atoms. The first kappa shape index (κ1) is 10.9. The third kappa shape index (κ3) is 2.49. The molecule has 2 rings (SSSR count). The number of aromatic nitrogens is 2. The Morgan fingerprint density at radius 3 is 2.94 bits per heavy atom. The molecule has 0 spiro atoms. The maximum absolute atomic E-state index is 12.8. The monoisotopic (exact) mass is 236 g/mol. The Balaban J connectivity index is 2.14. The fourth-order valence-corrected chi connectivity index (χ4v) is 2.06. The van der Waals surface area contributed by atoms with Gasteiger partial charge in [-0.2, -0.15) is 0 Å². The second-order valence-corrected chi connectivity index (χ2v) is 4.32. The molecule has 0 bridgehead atoms. The van der Waals surface area contributed by atoms with Gasteiger partial charge in [-0.1, -0.05) is 0 Å². The third-order valence-corrected chi connectivity index (χ3v) is 2.97. The lowest BCUT2D eigenvalue weighted by molar-refractivity contribution is 0.0992. The smallest absolute Gasteiger partial charge is 0.171 e. The SMILES string of the molecule is Cc1csc(CC(=O)c2cncc(F)c2)n1. The number of hydrogen-bond donors (Lipinski definition) is 0. The van der Waals surface area contributed by atoms with Gasteiger partial charge in [0, 0.05) is 22.8 Å². The number of hydrogen-bond acceptors (Lipinski definition) is 4. The van der Waals surface area contributed by atoms with Crippen molar-refractivity contribution in [2.75, 3.05) is 0 Å². The van der Waals surface area contributed by atoms with Crippen molar-refractivity contribution < 1.29 is 9.18 Å². The van der Waals surface area contributed by atoms with Crippen LogP contribution in [0.3, 0.4) is 0 Å². The molecule has 82 valence electrons. The zero-order valence-electron chi connectivity index (χ0n) is 8.61. The van der Waals surface area contributed by atoms with Crippen molar-refractivity contribution in [3.63, 3.8) is 0 Å². The van der Waals surface area contributed by atoms with Crippen LogP contribution in [0.4, 0.5) is 4.39 Å². The lowest BCUT2D eigenvalue weighted by Gasteiger charge is -1.97. The van der Waals surface area contributed by atoms with Gasteiger partial charge in [-0.25, -0.2) is 9.37 Å². The highest BCUT2D eigenvalue weighted by molar-refractivity contribution is 7.09. The summed E-state index contributed by atoms with van der Waals surface area (Å²) in [7, 11) is 0. The van der Waals surface area contributed by atoms with Gasteiger partial charge in [-0.15, -0.1) is 11.3 Å². The molecule has 0 saturated heterocycles. The Morgan fingerprint density at radius 1 is 1.50 bits per heavy atom. The fourth-order valence-electron chi connectivity index (χ4n) is 1.29. The minimum absolute atomic E-state index is 0.165. The number of ketones is 1. The molecule has 0 fully saturated rings. The minimum Gasteiger partial charge on any atom is -0.294 e. The van der Waals surface area contributed by atoms with E-state index in [1.165, 1.54) is 23.6 Å². The average molecular weight is 236 g/mol. The summed E-state index contributed by atoms with van der Waals surface area (Å²) in [6, 6.07) is 1.19. The van der Waals surface area contributed by atoms with E-state index in [1.807, 2.05) is 12.3 Å². The Hall–Kier alpha value is -1.62. The standard InChI is InChI=1S/C11H9FN2OS/c1-7-6-16-11(14-7)3-10(15)8-2-9(12)5-13-4-8/h2,4-6H,3H2,1H3. The third-order valence-electron chi connectivity index (χ3n) is 2.01. The number of pyridine rings is 1. The second kappa shape index (κ2) is 4.49. The van der Waals surface area contributed by atoms with Gasteiger partial charge in [0.15, 0.2) is 5.78 Å². The van der Waals surface area contributed by atoms with Gasteiger partial charge >= 0.3 is 0 Å². The summed E-state index contributed by atoms with van der Waals surface area (Å²) in [6.07, 6.45) is 2.64. The van der Waals surface area contributed by atoms with Crippen LogP contribution >= 0.6 is 11.3 Å². The van der Waals surface area contributed by atoms with Crippen LogP contribution in [0, 0.1) is 12.7 Å². The molecule has 5 heteroatoms. The van der Waals surface area contributed by atoms with Crippen LogP contribution in [0.5, 0.6) is 0 Å². The average Bonchev–Trinajstić information content (AvgIpc) is 2.64. The van der Waals surface area contributed by atoms with E-state index < -0.39 is 5.82 Å².